The lowest BCUT2D eigenvalue weighted by atomic mass is 10.1. The van der Waals surface area contributed by atoms with Crippen LogP contribution < -0.4 is 10.6 Å². The van der Waals surface area contributed by atoms with Gasteiger partial charge in [0.2, 0.25) is 0 Å². The van der Waals surface area contributed by atoms with Gasteiger partial charge in [0.25, 0.3) is 5.91 Å². The molecule has 0 aliphatic heterocycles. The van der Waals surface area contributed by atoms with Gasteiger partial charge in [0.15, 0.2) is 5.82 Å². The lowest BCUT2D eigenvalue weighted by molar-refractivity contribution is 0.0953. The number of aryl methyl sites for hydroxylation is 1. The Morgan fingerprint density at radius 2 is 1.71 bits per heavy atom. The Balaban J connectivity index is 1.73. The van der Waals surface area contributed by atoms with E-state index in [1.54, 1.807) is 12.1 Å². The largest absolute Gasteiger partial charge is 0.370 e. The summed E-state index contributed by atoms with van der Waals surface area (Å²) in [6.07, 6.45) is 3.59. The van der Waals surface area contributed by atoms with Gasteiger partial charge in [0, 0.05) is 24.7 Å². The standard InChI is InChI=1S/C23H24N4O/c1-2-15-25-23(28)20-17-21(24-16-9-12-18-10-5-3-6-11-18)27-22(26-20)19-13-7-4-8-14-19/h2-8,10-11,13-14,17H,1,9,12,15-16H2,(H,25,28)(H,24,26,27). The molecule has 3 rings (SSSR count). The summed E-state index contributed by atoms with van der Waals surface area (Å²) in [4.78, 5) is 21.4. The highest BCUT2D eigenvalue weighted by atomic mass is 16.1. The highest BCUT2D eigenvalue weighted by molar-refractivity contribution is 5.93. The summed E-state index contributed by atoms with van der Waals surface area (Å²) in [6.45, 7) is 4.77. The molecular formula is C23H24N4O. The van der Waals surface area contributed by atoms with Crippen LogP contribution in [-0.2, 0) is 6.42 Å². The quantitative estimate of drug-likeness (QED) is 0.438. The topological polar surface area (TPSA) is 66.9 Å². The minimum Gasteiger partial charge on any atom is -0.370 e. The Hall–Kier alpha value is -3.47. The molecule has 0 aliphatic rings. The number of carbonyl (C=O) groups is 1. The monoisotopic (exact) mass is 372 g/mol. The summed E-state index contributed by atoms with van der Waals surface area (Å²) in [5.74, 6) is 0.926. The van der Waals surface area contributed by atoms with E-state index in [-0.39, 0.29) is 5.91 Å². The average Bonchev–Trinajstić information content (AvgIpc) is 2.76. The van der Waals surface area contributed by atoms with Crippen LogP contribution >= 0.6 is 0 Å². The second kappa shape index (κ2) is 10.0. The van der Waals surface area contributed by atoms with Gasteiger partial charge in [0.1, 0.15) is 11.5 Å². The molecule has 0 radical (unpaired) electrons. The van der Waals surface area contributed by atoms with Gasteiger partial charge in [-0.1, -0.05) is 66.7 Å². The SMILES string of the molecule is C=CCNC(=O)c1cc(NCCCc2ccccc2)nc(-c2ccccc2)n1. The Morgan fingerprint density at radius 3 is 2.43 bits per heavy atom. The van der Waals surface area contributed by atoms with Crippen LogP contribution in [0.4, 0.5) is 5.82 Å². The maximum absolute atomic E-state index is 12.4. The van der Waals surface area contributed by atoms with E-state index < -0.39 is 0 Å². The van der Waals surface area contributed by atoms with E-state index in [0.29, 0.717) is 23.9 Å². The van der Waals surface area contributed by atoms with Gasteiger partial charge in [-0.2, -0.15) is 0 Å². The van der Waals surface area contributed by atoms with Gasteiger partial charge < -0.3 is 10.6 Å². The summed E-state index contributed by atoms with van der Waals surface area (Å²) >= 11 is 0. The Bertz CT molecular complexity index is 910. The van der Waals surface area contributed by atoms with E-state index in [2.05, 4.69) is 39.3 Å². The zero-order valence-electron chi connectivity index (χ0n) is 15.8. The Labute approximate surface area is 165 Å². The molecule has 142 valence electrons. The van der Waals surface area contributed by atoms with Crippen LogP contribution in [-0.4, -0.2) is 29.0 Å². The number of nitrogens with zero attached hydrogens (tertiary/aromatic N) is 2. The molecule has 0 spiro atoms. The Kier molecular flexibility index (Phi) is 6.90. The van der Waals surface area contributed by atoms with Crippen molar-refractivity contribution in [3.05, 3.63) is 90.6 Å². The maximum atomic E-state index is 12.4. The number of hydrogen-bond acceptors (Lipinski definition) is 4. The summed E-state index contributed by atoms with van der Waals surface area (Å²) in [6, 6.07) is 21.7. The number of hydrogen-bond donors (Lipinski definition) is 2. The first-order valence-corrected chi connectivity index (χ1v) is 9.37. The van der Waals surface area contributed by atoms with Crippen molar-refractivity contribution in [3.8, 4) is 11.4 Å². The molecule has 0 unspecified atom stereocenters. The van der Waals surface area contributed by atoms with E-state index in [4.69, 9.17) is 0 Å². The van der Waals surface area contributed by atoms with Crippen LogP contribution in [0.3, 0.4) is 0 Å². The first-order valence-electron chi connectivity index (χ1n) is 9.37. The normalized spacial score (nSPS) is 10.3. The number of anilines is 1. The molecule has 0 bridgehead atoms. The second-order valence-electron chi connectivity index (χ2n) is 6.34. The number of aromatic nitrogens is 2. The summed E-state index contributed by atoms with van der Waals surface area (Å²) in [5.41, 5.74) is 2.51. The number of amides is 1. The van der Waals surface area contributed by atoms with Crippen molar-refractivity contribution in [1.29, 1.82) is 0 Å². The molecule has 0 atom stereocenters. The molecule has 0 fully saturated rings. The van der Waals surface area contributed by atoms with Gasteiger partial charge in [-0.15, -0.1) is 6.58 Å². The van der Waals surface area contributed by atoms with Crippen molar-refractivity contribution in [2.24, 2.45) is 0 Å². The first kappa shape index (κ1) is 19.3. The first-order chi connectivity index (χ1) is 13.8. The van der Waals surface area contributed by atoms with Crippen LogP contribution in [0.1, 0.15) is 22.5 Å². The molecule has 0 aliphatic carbocycles. The molecular weight excluding hydrogens is 348 g/mol. The molecule has 28 heavy (non-hydrogen) atoms. The van der Waals surface area contributed by atoms with Crippen LogP contribution in [0.25, 0.3) is 11.4 Å². The molecule has 0 saturated carbocycles. The van der Waals surface area contributed by atoms with E-state index in [9.17, 15) is 4.79 Å². The van der Waals surface area contributed by atoms with E-state index in [1.807, 2.05) is 48.5 Å². The van der Waals surface area contributed by atoms with Gasteiger partial charge in [-0.05, 0) is 18.4 Å². The van der Waals surface area contributed by atoms with Gasteiger partial charge in [0.05, 0.1) is 0 Å². The predicted molar refractivity (Wildman–Crippen MR) is 113 cm³/mol. The highest BCUT2D eigenvalue weighted by Gasteiger charge is 2.12. The van der Waals surface area contributed by atoms with E-state index in [1.165, 1.54) is 5.56 Å². The van der Waals surface area contributed by atoms with Crippen LogP contribution in [0.15, 0.2) is 79.4 Å². The summed E-state index contributed by atoms with van der Waals surface area (Å²) in [7, 11) is 0. The predicted octanol–water partition coefficient (Wildman–Crippen LogP) is 4.10. The molecule has 2 N–H and O–H groups in total. The minimum absolute atomic E-state index is 0.244. The number of nitrogens with one attached hydrogen (secondary N) is 2. The molecule has 1 amide bonds. The fourth-order valence-electron chi connectivity index (χ4n) is 2.78. The lowest BCUT2D eigenvalue weighted by Gasteiger charge is -2.10. The van der Waals surface area contributed by atoms with E-state index in [0.717, 1.165) is 24.9 Å². The van der Waals surface area contributed by atoms with Crippen molar-refractivity contribution in [3.63, 3.8) is 0 Å². The Morgan fingerprint density at radius 1 is 1.00 bits per heavy atom. The van der Waals surface area contributed by atoms with Gasteiger partial charge in [-0.25, -0.2) is 9.97 Å². The van der Waals surface area contributed by atoms with Crippen LogP contribution in [0, 0.1) is 0 Å². The molecule has 2 aromatic carbocycles. The lowest BCUT2D eigenvalue weighted by Crippen LogP contribution is -2.25. The van der Waals surface area contributed by atoms with Crippen molar-refractivity contribution in [2.75, 3.05) is 18.4 Å². The van der Waals surface area contributed by atoms with Gasteiger partial charge >= 0.3 is 0 Å². The average molecular weight is 372 g/mol. The second-order valence-corrected chi connectivity index (χ2v) is 6.34. The highest BCUT2D eigenvalue weighted by Crippen LogP contribution is 2.18. The van der Waals surface area contributed by atoms with Crippen molar-refractivity contribution >= 4 is 11.7 Å². The zero-order chi connectivity index (χ0) is 19.6. The minimum atomic E-state index is -0.244. The molecule has 5 heteroatoms. The maximum Gasteiger partial charge on any atom is 0.270 e. The van der Waals surface area contributed by atoms with Crippen LogP contribution in [0.5, 0.6) is 0 Å². The molecule has 5 nitrogen and oxygen atoms in total. The van der Waals surface area contributed by atoms with Crippen molar-refractivity contribution < 1.29 is 4.79 Å². The zero-order valence-corrected chi connectivity index (χ0v) is 15.8. The van der Waals surface area contributed by atoms with Crippen LogP contribution in [0.2, 0.25) is 0 Å². The third-order valence-electron chi connectivity index (χ3n) is 4.19. The molecule has 1 heterocycles. The molecule has 3 aromatic rings. The van der Waals surface area contributed by atoms with E-state index >= 15 is 0 Å². The fraction of sp³-hybridized carbons (Fsp3) is 0.174. The smallest absolute Gasteiger partial charge is 0.270 e. The number of benzene rings is 2. The molecule has 1 aromatic heterocycles. The van der Waals surface area contributed by atoms with Gasteiger partial charge in [-0.3, -0.25) is 4.79 Å². The fourth-order valence-corrected chi connectivity index (χ4v) is 2.78. The van der Waals surface area contributed by atoms with Crippen molar-refractivity contribution in [1.82, 2.24) is 15.3 Å². The molecule has 0 saturated heterocycles. The third-order valence-corrected chi connectivity index (χ3v) is 4.19. The summed E-state index contributed by atoms with van der Waals surface area (Å²) < 4.78 is 0. The third kappa shape index (κ3) is 5.51. The number of rotatable bonds is 9. The number of carbonyl (C=O) groups excluding carboxylic acids is 1. The summed E-state index contributed by atoms with van der Waals surface area (Å²) in [5, 5.41) is 6.09. The van der Waals surface area contributed by atoms with Crippen molar-refractivity contribution in [2.45, 2.75) is 12.8 Å².